The first kappa shape index (κ1) is 17.2. The van der Waals surface area contributed by atoms with Gasteiger partial charge in [0, 0.05) is 17.8 Å². The van der Waals surface area contributed by atoms with Crippen LogP contribution >= 0.6 is 0 Å². The van der Waals surface area contributed by atoms with E-state index in [1.54, 1.807) is 24.3 Å². The number of anilines is 1. The maximum absolute atomic E-state index is 12.2. The van der Waals surface area contributed by atoms with Crippen molar-refractivity contribution in [2.45, 2.75) is 39.5 Å². The van der Waals surface area contributed by atoms with Gasteiger partial charge in [-0.25, -0.2) is 0 Å². The lowest BCUT2D eigenvalue weighted by molar-refractivity contribution is -0.125. The van der Waals surface area contributed by atoms with Gasteiger partial charge in [0.25, 0.3) is 0 Å². The number of benzene rings is 1. The zero-order chi connectivity index (χ0) is 16.8. The van der Waals surface area contributed by atoms with Crippen LogP contribution in [0, 0.1) is 11.8 Å². The molecule has 2 N–H and O–H groups in total. The molecule has 0 radical (unpaired) electrons. The van der Waals surface area contributed by atoms with E-state index >= 15 is 0 Å². The Morgan fingerprint density at radius 1 is 1.13 bits per heavy atom. The Morgan fingerprint density at radius 3 is 2.57 bits per heavy atom. The second-order valence-electron chi connectivity index (χ2n) is 6.07. The van der Waals surface area contributed by atoms with Crippen LogP contribution in [0.4, 0.5) is 5.69 Å². The molecule has 0 aliphatic heterocycles. The van der Waals surface area contributed by atoms with E-state index in [1.807, 2.05) is 0 Å². The van der Waals surface area contributed by atoms with E-state index in [0.29, 0.717) is 24.2 Å². The number of amides is 2. The fourth-order valence-electron chi connectivity index (χ4n) is 2.54. The fourth-order valence-corrected chi connectivity index (χ4v) is 2.54. The third-order valence-electron chi connectivity index (χ3n) is 4.08. The molecule has 0 bridgehead atoms. The van der Waals surface area contributed by atoms with Crippen LogP contribution in [-0.4, -0.2) is 24.1 Å². The van der Waals surface area contributed by atoms with E-state index in [1.165, 1.54) is 6.92 Å². The molecule has 2 unspecified atom stereocenters. The molecule has 0 spiro atoms. The summed E-state index contributed by atoms with van der Waals surface area (Å²) in [5.74, 6) is -0.704. The van der Waals surface area contributed by atoms with Crippen molar-refractivity contribution < 1.29 is 14.4 Å². The Morgan fingerprint density at radius 2 is 1.87 bits per heavy atom. The van der Waals surface area contributed by atoms with Gasteiger partial charge < -0.3 is 10.6 Å². The monoisotopic (exact) mass is 316 g/mol. The number of carbonyl (C=O) groups is 3. The van der Waals surface area contributed by atoms with Crippen LogP contribution in [0.15, 0.2) is 24.3 Å². The number of Topliss-reactive ketones (excluding diaryl/α,β-unsaturated/α-hetero) is 1. The van der Waals surface area contributed by atoms with Crippen molar-refractivity contribution in [1.29, 1.82) is 0 Å². The Hall–Kier alpha value is -2.17. The number of ketones is 1. The lowest BCUT2D eigenvalue weighted by Crippen LogP contribution is -2.28. The Balaban J connectivity index is 1.80. The number of unbranched alkanes of at least 4 members (excludes halogenated alkanes) is 2. The van der Waals surface area contributed by atoms with Gasteiger partial charge in [-0.2, -0.15) is 0 Å². The zero-order valence-corrected chi connectivity index (χ0v) is 13.7. The molecular weight excluding hydrogens is 292 g/mol. The van der Waals surface area contributed by atoms with E-state index < -0.39 is 0 Å². The van der Waals surface area contributed by atoms with Gasteiger partial charge in [-0.1, -0.05) is 31.9 Å². The normalized spacial score (nSPS) is 19.0. The van der Waals surface area contributed by atoms with E-state index in [9.17, 15) is 14.4 Å². The summed E-state index contributed by atoms with van der Waals surface area (Å²) >= 11 is 0. The van der Waals surface area contributed by atoms with Crippen LogP contribution in [0.25, 0.3) is 0 Å². The van der Waals surface area contributed by atoms with E-state index in [2.05, 4.69) is 17.6 Å². The summed E-state index contributed by atoms with van der Waals surface area (Å²) in [6, 6.07) is 6.84. The molecule has 1 aliphatic carbocycles. The quantitative estimate of drug-likeness (QED) is 0.572. The Kier molecular flexibility index (Phi) is 5.90. The van der Waals surface area contributed by atoms with Crippen LogP contribution < -0.4 is 10.6 Å². The fraction of sp³-hybridized carbons (Fsp3) is 0.500. The maximum Gasteiger partial charge on any atom is 0.228 e. The third kappa shape index (κ3) is 4.91. The molecular formula is C18H24N2O3. The van der Waals surface area contributed by atoms with Crippen LogP contribution in [0.3, 0.4) is 0 Å². The van der Waals surface area contributed by atoms with Gasteiger partial charge in [-0.15, -0.1) is 0 Å². The van der Waals surface area contributed by atoms with Gasteiger partial charge in [0.05, 0.1) is 11.8 Å². The Labute approximate surface area is 136 Å². The van der Waals surface area contributed by atoms with Gasteiger partial charge in [-0.3, -0.25) is 14.4 Å². The second kappa shape index (κ2) is 7.90. The highest BCUT2D eigenvalue weighted by atomic mass is 16.2. The molecule has 1 fully saturated rings. The molecule has 0 heterocycles. The highest BCUT2D eigenvalue weighted by Gasteiger charge is 2.47. The molecule has 124 valence electrons. The molecule has 5 nitrogen and oxygen atoms in total. The number of hydrogen-bond donors (Lipinski definition) is 2. The van der Waals surface area contributed by atoms with Crippen molar-refractivity contribution in [2.75, 3.05) is 11.9 Å². The SMILES string of the molecule is CCCCCNC(=O)C1CC1C(=O)Nc1cccc(C(C)=O)c1. The summed E-state index contributed by atoms with van der Waals surface area (Å²) in [6.07, 6.45) is 3.78. The molecule has 1 aromatic rings. The van der Waals surface area contributed by atoms with Crippen molar-refractivity contribution in [3.05, 3.63) is 29.8 Å². The molecule has 1 saturated carbocycles. The minimum absolute atomic E-state index is 0.0289. The number of nitrogens with one attached hydrogen (secondary N) is 2. The predicted molar refractivity (Wildman–Crippen MR) is 89.2 cm³/mol. The number of carbonyl (C=O) groups excluding carboxylic acids is 3. The molecule has 1 aromatic carbocycles. The molecule has 5 heteroatoms. The lowest BCUT2D eigenvalue weighted by atomic mass is 10.1. The van der Waals surface area contributed by atoms with Crippen molar-refractivity contribution >= 4 is 23.3 Å². The molecule has 23 heavy (non-hydrogen) atoms. The summed E-state index contributed by atoms with van der Waals surface area (Å²) in [5.41, 5.74) is 1.15. The van der Waals surface area contributed by atoms with Gasteiger partial charge >= 0.3 is 0 Å². The number of rotatable bonds is 8. The smallest absolute Gasteiger partial charge is 0.228 e. The van der Waals surface area contributed by atoms with Crippen LogP contribution in [-0.2, 0) is 9.59 Å². The zero-order valence-electron chi connectivity index (χ0n) is 13.7. The second-order valence-corrected chi connectivity index (χ2v) is 6.07. The standard InChI is InChI=1S/C18H24N2O3/c1-3-4-5-9-19-17(22)15-11-16(15)18(23)20-14-8-6-7-13(10-14)12(2)21/h6-8,10,15-16H,3-5,9,11H2,1-2H3,(H,19,22)(H,20,23). The minimum Gasteiger partial charge on any atom is -0.356 e. The first-order chi connectivity index (χ1) is 11.0. The highest BCUT2D eigenvalue weighted by Crippen LogP contribution is 2.39. The van der Waals surface area contributed by atoms with E-state index in [4.69, 9.17) is 0 Å². The third-order valence-corrected chi connectivity index (χ3v) is 4.08. The molecule has 1 aliphatic rings. The molecule has 0 saturated heterocycles. The molecule has 2 rings (SSSR count). The highest BCUT2D eigenvalue weighted by molar-refractivity contribution is 6.01. The van der Waals surface area contributed by atoms with Gasteiger partial charge in [0.2, 0.25) is 11.8 Å². The van der Waals surface area contributed by atoms with Crippen LogP contribution in [0.1, 0.15) is 49.9 Å². The summed E-state index contributed by atoms with van der Waals surface area (Å²) in [4.78, 5) is 35.5. The topological polar surface area (TPSA) is 75.3 Å². The summed E-state index contributed by atoms with van der Waals surface area (Å²) in [6.45, 7) is 4.28. The van der Waals surface area contributed by atoms with Gasteiger partial charge in [-0.05, 0) is 31.9 Å². The summed E-state index contributed by atoms with van der Waals surface area (Å²) in [5, 5.41) is 5.68. The predicted octanol–water partition coefficient (Wildman–Crippen LogP) is 2.77. The van der Waals surface area contributed by atoms with Gasteiger partial charge in [0.15, 0.2) is 5.78 Å². The Bertz CT molecular complexity index is 598. The number of hydrogen-bond acceptors (Lipinski definition) is 3. The maximum atomic E-state index is 12.2. The molecule has 2 amide bonds. The average molecular weight is 316 g/mol. The molecule has 0 aromatic heterocycles. The van der Waals surface area contributed by atoms with Crippen molar-refractivity contribution in [3.63, 3.8) is 0 Å². The first-order valence-electron chi connectivity index (χ1n) is 8.22. The van der Waals surface area contributed by atoms with Crippen molar-refractivity contribution in [2.24, 2.45) is 11.8 Å². The lowest BCUT2D eigenvalue weighted by Gasteiger charge is -2.07. The largest absolute Gasteiger partial charge is 0.356 e. The van der Waals surface area contributed by atoms with E-state index in [-0.39, 0.29) is 29.4 Å². The first-order valence-corrected chi connectivity index (χ1v) is 8.22. The van der Waals surface area contributed by atoms with Crippen molar-refractivity contribution in [3.8, 4) is 0 Å². The van der Waals surface area contributed by atoms with E-state index in [0.717, 1.165) is 19.3 Å². The molecule has 2 atom stereocenters. The van der Waals surface area contributed by atoms with Crippen LogP contribution in [0.2, 0.25) is 0 Å². The minimum atomic E-state index is -0.262. The summed E-state index contributed by atoms with van der Waals surface area (Å²) in [7, 11) is 0. The van der Waals surface area contributed by atoms with Gasteiger partial charge in [0.1, 0.15) is 0 Å². The summed E-state index contributed by atoms with van der Waals surface area (Å²) < 4.78 is 0. The van der Waals surface area contributed by atoms with Crippen LogP contribution in [0.5, 0.6) is 0 Å². The average Bonchev–Trinajstić information content (AvgIpc) is 3.32. The van der Waals surface area contributed by atoms with Crippen molar-refractivity contribution in [1.82, 2.24) is 5.32 Å².